The molecule has 6 aromatic rings. The van der Waals surface area contributed by atoms with Gasteiger partial charge < -0.3 is 19.9 Å². The zero-order valence-corrected chi connectivity index (χ0v) is 26.0. The molecule has 8 nitrogen and oxygen atoms in total. The minimum atomic E-state index is -0.610. The molecule has 2 N–H and O–H groups in total. The Balaban J connectivity index is 1.09. The topological polar surface area (TPSA) is 106 Å². The molecule has 0 bridgehead atoms. The van der Waals surface area contributed by atoms with E-state index in [1.54, 1.807) is 23.1 Å². The first-order valence-corrected chi connectivity index (χ1v) is 16.5. The molecule has 3 heterocycles. The van der Waals surface area contributed by atoms with Gasteiger partial charge in [-0.25, -0.2) is 9.97 Å². The molecule has 1 fully saturated rings. The number of anilines is 1. The van der Waals surface area contributed by atoms with E-state index in [-0.39, 0.29) is 36.3 Å². The van der Waals surface area contributed by atoms with Crippen molar-refractivity contribution in [1.82, 2.24) is 15.0 Å². The maximum atomic E-state index is 12.9. The molecule has 4 unspecified atom stereocenters. The molecule has 1 amide bonds. The van der Waals surface area contributed by atoms with Crippen LogP contribution in [-0.4, -0.2) is 37.8 Å². The number of rotatable bonds is 8. The smallest absolute Gasteiger partial charge is 0.275 e. The van der Waals surface area contributed by atoms with Gasteiger partial charge in [-0.3, -0.25) is 9.78 Å². The summed E-state index contributed by atoms with van der Waals surface area (Å²) in [5.74, 6) is 0.440. The van der Waals surface area contributed by atoms with Crippen LogP contribution in [0.5, 0.6) is 0 Å². The summed E-state index contributed by atoms with van der Waals surface area (Å²) >= 11 is 3.39. The number of hydrogen-bond donors (Lipinski definition) is 2. The molecule has 0 saturated carbocycles. The largest absolute Gasteiger partial charge is 0.392 e. The Morgan fingerprint density at radius 1 is 0.867 bits per heavy atom. The normalized spacial score (nSPS) is 20.0. The van der Waals surface area contributed by atoms with E-state index in [1.165, 1.54) is 10.9 Å². The molecule has 1 aliphatic heterocycles. The molecule has 7 rings (SSSR count). The zero-order valence-electron chi connectivity index (χ0n) is 24.4. The van der Waals surface area contributed by atoms with Crippen LogP contribution in [0.25, 0.3) is 21.3 Å². The van der Waals surface area contributed by atoms with Crippen LogP contribution < -0.4 is 5.32 Å². The van der Waals surface area contributed by atoms with Crippen molar-refractivity contribution in [2.24, 2.45) is 5.92 Å². The maximum absolute atomic E-state index is 12.9. The van der Waals surface area contributed by atoms with E-state index in [4.69, 9.17) is 14.5 Å². The van der Waals surface area contributed by atoms with E-state index < -0.39 is 6.29 Å². The minimum absolute atomic E-state index is 0.00908. The Morgan fingerprint density at radius 3 is 2.33 bits per heavy atom. The summed E-state index contributed by atoms with van der Waals surface area (Å²) in [5.41, 5.74) is 6.00. The Bertz CT molecular complexity index is 1920. The molecule has 226 valence electrons. The van der Waals surface area contributed by atoms with E-state index in [2.05, 4.69) is 28.3 Å². The summed E-state index contributed by atoms with van der Waals surface area (Å²) in [4.78, 5) is 26.5. The SMILES string of the molecule is CC1C(CSc2nc3ccccc3s2)OC(c2ccc(NC(=O)c3cnc4ccccc4n3)cc2)OC1c1ccc(CO)cc1. The molecule has 45 heavy (non-hydrogen) atoms. The fourth-order valence-corrected chi connectivity index (χ4v) is 7.62. The van der Waals surface area contributed by atoms with Crippen LogP contribution >= 0.6 is 23.1 Å². The number of para-hydroxylation sites is 3. The number of thioether (sulfide) groups is 1. The lowest BCUT2D eigenvalue weighted by Crippen LogP contribution is -2.38. The third kappa shape index (κ3) is 6.47. The number of hydrogen-bond acceptors (Lipinski definition) is 9. The fraction of sp³-hybridized carbons (Fsp3) is 0.200. The zero-order chi connectivity index (χ0) is 30.8. The van der Waals surface area contributed by atoms with Gasteiger partial charge in [0.25, 0.3) is 5.91 Å². The molecular formula is C35H30N4O4S2. The van der Waals surface area contributed by atoms with Crippen molar-refractivity contribution >= 4 is 55.9 Å². The van der Waals surface area contributed by atoms with Crippen LogP contribution in [-0.2, 0) is 16.1 Å². The third-order valence-corrected chi connectivity index (χ3v) is 10.2. The number of amides is 1. The number of nitrogens with zero attached hydrogens (tertiary/aromatic N) is 3. The van der Waals surface area contributed by atoms with Gasteiger partial charge in [-0.1, -0.05) is 79.3 Å². The third-order valence-electron chi connectivity index (χ3n) is 7.89. The first kappa shape index (κ1) is 29.5. The van der Waals surface area contributed by atoms with Crippen molar-refractivity contribution < 1.29 is 19.4 Å². The van der Waals surface area contributed by atoms with Crippen molar-refractivity contribution in [1.29, 1.82) is 0 Å². The summed E-state index contributed by atoms with van der Waals surface area (Å²) in [5, 5.41) is 12.5. The number of benzene rings is 4. The van der Waals surface area contributed by atoms with Gasteiger partial charge in [0.2, 0.25) is 0 Å². The van der Waals surface area contributed by atoms with Crippen molar-refractivity contribution in [2.75, 3.05) is 11.1 Å². The van der Waals surface area contributed by atoms with Crippen molar-refractivity contribution in [3.8, 4) is 0 Å². The highest BCUT2D eigenvalue weighted by Crippen LogP contribution is 2.43. The molecule has 1 aliphatic rings. The lowest BCUT2D eigenvalue weighted by atomic mass is 9.91. The molecular weight excluding hydrogens is 605 g/mol. The van der Waals surface area contributed by atoms with Crippen molar-refractivity contribution in [2.45, 2.75) is 36.4 Å². The van der Waals surface area contributed by atoms with E-state index in [0.717, 1.165) is 32.1 Å². The number of aliphatic hydroxyl groups excluding tert-OH is 1. The van der Waals surface area contributed by atoms with Crippen molar-refractivity contribution in [3.63, 3.8) is 0 Å². The second-order valence-electron chi connectivity index (χ2n) is 10.9. The average Bonchev–Trinajstić information content (AvgIpc) is 3.51. The summed E-state index contributed by atoms with van der Waals surface area (Å²) < 4.78 is 15.4. The van der Waals surface area contributed by atoms with E-state index in [0.29, 0.717) is 17.0 Å². The number of ether oxygens (including phenoxy) is 2. The summed E-state index contributed by atoms with van der Waals surface area (Å²) in [6, 6.07) is 31.0. The summed E-state index contributed by atoms with van der Waals surface area (Å²) in [6.07, 6.45) is 0.537. The number of thiazole rings is 1. The number of fused-ring (bicyclic) bond motifs is 2. The highest BCUT2D eigenvalue weighted by molar-refractivity contribution is 8.01. The number of nitrogens with one attached hydrogen (secondary N) is 1. The summed E-state index contributed by atoms with van der Waals surface area (Å²) in [7, 11) is 0. The predicted molar refractivity (Wildman–Crippen MR) is 177 cm³/mol. The highest BCUT2D eigenvalue weighted by atomic mass is 32.2. The minimum Gasteiger partial charge on any atom is -0.392 e. The molecule has 4 aromatic carbocycles. The average molecular weight is 635 g/mol. The molecule has 1 saturated heterocycles. The number of aliphatic hydroxyl groups is 1. The summed E-state index contributed by atoms with van der Waals surface area (Å²) in [6.45, 7) is 2.14. The van der Waals surface area contributed by atoms with Crippen LogP contribution in [0.1, 0.15) is 46.5 Å². The van der Waals surface area contributed by atoms with Gasteiger partial charge in [0.1, 0.15) is 5.69 Å². The van der Waals surface area contributed by atoms with Crippen LogP contribution in [0.4, 0.5) is 5.69 Å². The second-order valence-corrected chi connectivity index (χ2v) is 13.2. The van der Waals surface area contributed by atoms with Gasteiger partial charge in [-0.2, -0.15) is 0 Å². The van der Waals surface area contributed by atoms with Crippen LogP contribution in [0.15, 0.2) is 108 Å². The lowest BCUT2D eigenvalue weighted by molar-refractivity contribution is -0.268. The van der Waals surface area contributed by atoms with E-state index >= 15 is 0 Å². The highest BCUT2D eigenvalue weighted by Gasteiger charge is 2.38. The lowest BCUT2D eigenvalue weighted by Gasteiger charge is -2.41. The molecule has 10 heteroatoms. The first-order chi connectivity index (χ1) is 22.0. The Labute approximate surface area is 268 Å². The Hall–Kier alpha value is -4.19. The van der Waals surface area contributed by atoms with Crippen LogP contribution in [0, 0.1) is 5.92 Å². The van der Waals surface area contributed by atoms with Gasteiger partial charge >= 0.3 is 0 Å². The molecule has 0 spiro atoms. The quantitative estimate of drug-likeness (QED) is 0.165. The molecule has 0 aliphatic carbocycles. The van der Waals surface area contributed by atoms with Gasteiger partial charge in [-0.15, -0.1) is 11.3 Å². The molecule has 4 atom stereocenters. The fourth-order valence-electron chi connectivity index (χ4n) is 5.36. The first-order valence-electron chi connectivity index (χ1n) is 14.7. The monoisotopic (exact) mass is 634 g/mol. The van der Waals surface area contributed by atoms with Crippen LogP contribution in [0.2, 0.25) is 0 Å². The van der Waals surface area contributed by atoms with Gasteiger partial charge in [0, 0.05) is 22.9 Å². The standard InChI is InChI=1S/C35H30N4O4S2/c1-21-30(20-44-35-39-28-8-4-5-9-31(28)45-35)42-34(43-32(21)23-12-10-22(19-40)11-13-23)24-14-16-25(17-15-24)37-33(41)29-18-36-26-6-2-3-7-27(26)38-29/h2-18,21,30,32,34,40H,19-20H2,1H3,(H,37,41). The number of carbonyl (C=O) groups is 1. The second kappa shape index (κ2) is 13.0. The Kier molecular flexibility index (Phi) is 8.55. The van der Waals surface area contributed by atoms with E-state index in [1.807, 2.05) is 91.0 Å². The van der Waals surface area contributed by atoms with Gasteiger partial charge in [0.05, 0.1) is 46.3 Å². The Morgan fingerprint density at radius 2 is 1.58 bits per heavy atom. The van der Waals surface area contributed by atoms with Gasteiger partial charge in [-0.05, 0) is 47.5 Å². The van der Waals surface area contributed by atoms with Gasteiger partial charge in [0.15, 0.2) is 10.6 Å². The van der Waals surface area contributed by atoms with E-state index in [9.17, 15) is 9.90 Å². The molecule has 0 radical (unpaired) electrons. The maximum Gasteiger partial charge on any atom is 0.275 e. The number of carbonyl (C=O) groups excluding carboxylic acids is 1. The van der Waals surface area contributed by atoms with Crippen molar-refractivity contribution in [3.05, 3.63) is 126 Å². The number of aromatic nitrogens is 3. The predicted octanol–water partition coefficient (Wildman–Crippen LogP) is 7.57. The molecule has 2 aromatic heterocycles. The van der Waals surface area contributed by atoms with Crippen LogP contribution in [0.3, 0.4) is 0 Å².